The number of amides is 1. The second-order valence-electron chi connectivity index (χ2n) is 7.59. The summed E-state index contributed by atoms with van der Waals surface area (Å²) in [5.74, 6) is -0.689. The molecule has 1 amide bonds. The quantitative estimate of drug-likeness (QED) is 0.578. The molecule has 3 aromatic rings. The number of hydrogen-bond donors (Lipinski definition) is 1. The van der Waals surface area contributed by atoms with Gasteiger partial charge in [0.1, 0.15) is 11.6 Å². The van der Waals surface area contributed by atoms with E-state index in [4.69, 9.17) is 23.2 Å². The number of aryl methyl sites for hydroxylation is 2. The maximum Gasteiger partial charge on any atom is 0.227 e. The lowest BCUT2D eigenvalue weighted by atomic mass is 9.90. The summed E-state index contributed by atoms with van der Waals surface area (Å²) in [5, 5.41) is 14.5. The van der Waals surface area contributed by atoms with Gasteiger partial charge in [0.05, 0.1) is 15.7 Å². The molecule has 1 N–H and O–H groups in total. The maximum absolute atomic E-state index is 14.1. The van der Waals surface area contributed by atoms with E-state index in [1.807, 2.05) is 0 Å². The maximum atomic E-state index is 14.1. The van der Waals surface area contributed by atoms with Crippen LogP contribution in [0.2, 0.25) is 10.0 Å². The van der Waals surface area contributed by atoms with Crippen molar-refractivity contribution in [3.05, 3.63) is 69.0 Å². The van der Waals surface area contributed by atoms with Crippen molar-refractivity contribution in [2.24, 2.45) is 5.92 Å². The lowest BCUT2D eigenvalue weighted by molar-refractivity contribution is -0.120. The summed E-state index contributed by atoms with van der Waals surface area (Å²) < 4.78 is 27.3. The molecule has 2 aromatic carbocycles. The molecule has 1 fully saturated rings. The molecule has 2 heterocycles. The topological polar surface area (TPSA) is 74.8 Å². The van der Waals surface area contributed by atoms with E-state index < -0.39 is 11.6 Å². The smallest absolute Gasteiger partial charge is 0.227 e. The number of tetrazole rings is 1. The van der Waals surface area contributed by atoms with Crippen LogP contribution < -0.4 is 4.90 Å². The van der Waals surface area contributed by atoms with Crippen molar-refractivity contribution in [2.45, 2.75) is 32.1 Å². The van der Waals surface area contributed by atoms with Crippen LogP contribution in [0.4, 0.5) is 14.5 Å². The highest BCUT2D eigenvalue weighted by molar-refractivity contribution is 6.40. The molecular formula is C21H19Cl2F2N5O. The van der Waals surface area contributed by atoms with E-state index in [1.54, 1.807) is 17.0 Å². The molecule has 4 rings (SSSR count). The molecule has 162 valence electrons. The standard InChI is InChI=1S/C21H19Cl2F2N5O/c22-16-8-12(1-5-19-26-28-29-27-19)9-17(23)21(16)30-11-13(2-6-20(30)31)7-14-3-4-15(24)10-18(14)25/h3-4,8-10,13H,1-2,5-7,11H2,(H,26,27,28,29). The van der Waals surface area contributed by atoms with Crippen molar-refractivity contribution in [1.82, 2.24) is 20.6 Å². The molecule has 1 aromatic heterocycles. The summed E-state index contributed by atoms with van der Waals surface area (Å²) in [7, 11) is 0. The van der Waals surface area contributed by atoms with Gasteiger partial charge in [0.25, 0.3) is 0 Å². The molecule has 1 saturated heterocycles. The fourth-order valence-corrected chi connectivity index (χ4v) is 4.60. The lowest BCUT2D eigenvalue weighted by Crippen LogP contribution is -2.41. The van der Waals surface area contributed by atoms with Gasteiger partial charge < -0.3 is 4.90 Å². The van der Waals surface area contributed by atoms with Gasteiger partial charge in [-0.05, 0) is 54.5 Å². The number of aromatic nitrogens is 4. The zero-order chi connectivity index (χ0) is 22.0. The number of piperidine rings is 1. The highest BCUT2D eigenvalue weighted by atomic mass is 35.5. The second kappa shape index (κ2) is 9.28. The Kier molecular flexibility index (Phi) is 6.48. The van der Waals surface area contributed by atoms with E-state index in [-0.39, 0.29) is 11.8 Å². The van der Waals surface area contributed by atoms with Crippen molar-refractivity contribution < 1.29 is 13.6 Å². The molecule has 0 bridgehead atoms. The number of halogens is 4. The Morgan fingerprint density at radius 2 is 1.90 bits per heavy atom. The van der Waals surface area contributed by atoms with E-state index in [1.165, 1.54) is 12.1 Å². The second-order valence-corrected chi connectivity index (χ2v) is 8.40. The van der Waals surface area contributed by atoms with Crippen LogP contribution in [0.5, 0.6) is 0 Å². The van der Waals surface area contributed by atoms with Crippen molar-refractivity contribution >= 4 is 34.8 Å². The average Bonchev–Trinajstić information content (AvgIpc) is 3.24. The van der Waals surface area contributed by atoms with Gasteiger partial charge in [0, 0.05) is 25.5 Å². The third kappa shape index (κ3) is 5.02. The fourth-order valence-electron chi connectivity index (χ4n) is 3.86. The Morgan fingerprint density at radius 1 is 1.13 bits per heavy atom. The summed E-state index contributed by atoms with van der Waals surface area (Å²) in [6.45, 7) is 0.358. The van der Waals surface area contributed by atoms with Crippen LogP contribution >= 0.6 is 23.2 Å². The molecule has 6 nitrogen and oxygen atoms in total. The van der Waals surface area contributed by atoms with Gasteiger partial charge in [-0.2, -0.15) is 5.21 Å². The zero-order valence-corrected chi connectivity index (χ0v) is 17.9. The number of carbonyl (C=O) groups is 1. The Balaban J connectivity index is 1.50. The van der Waals surface area contributed by atoms with Gasteiger partial charge in [-0.3, -0.25) is 4.79 Å². The van der Waals surface area contributed by atoms with E-state index >= 15 is 0 Å². The van der Waals surface area contributed by atoms with Crippen molar-refractivity contribution in [1.29, 1.82) is 0 Å². The van der Waals surface area contributed by atoms with E-state index in [9.17, 15) is 13.6 Å². The van der Waals surface area contributed by atoms with E-state index in [0.717, 1.165) is 11.6 Å². The number of hydrogen-bond acceptors (Lipinski definition) is 4. The van der Waals surface area contributed by atoms with Gasteiger partial charge >= 0.3 is 0 Å². The van der Waals surface area contributed by atoms with Crippen LogP contribution in [-0.2, 0) is 24.1 Å². The third-order valence-electron chi connectivity index (χ3n) is 5.41. The predicted octanol–water partition coefficient (Wildman–Crippen LogP) is 4.56. The van der Waals surface area contributed by atoms with Gasteiger partial charge in [0.2, 0.25) is 5.91 Å². The summed E-state index contributed by atoms with van der Waals surface area (Å²) in [6, 6.07) is 7.12. The number of aromatic amines is 1. The van der Waals surface area contributed by atoms with Gasteiger partial charge in [-0.15, -0.1) is 10.2 Å². The number of nitrogens with zero attached hydrogens (tertiary/aromatic N) is 4. The summed E-state index contributed by atoms with van der Waals surface area (Å²) >= 11 is 13.0. The molecule has 0 radical (unpaired) electrons. The summed E-state index contributed by atoms with van der Waals surface area (Å²) in [4.78, 5) is 14.2. The van der Waals surface area contributed by atoms with Crippen LogP contribution in [0.3, 0.4) is 0 Å². The van der Waals surface area contributed by atoms with Crippen LogP contribution in [-0.4, -0.2) is 33.1 Å². The highest BCUT2D eigenvalue weighted by Crippen LogP contribution is 2.38. The Morgan fingerprint density at radius 3 is 2.58 bits per heavy atom. The van der Waals surface area contributed by atoms with Crippen molar-refractivity contribution in [3.63, 3.8) is 0 Å². The predicted molar refractivity (Wildman–Crippen MR) is 113 cm³/mol. The molecule has 1 unspecified atom stereocenters. The molecule has 1 atom stereocenters. The Labute approximate surface area is 187 Å². The molecular weight excluding hydrogens is 447 g/mol. The first-order valence-electron chi connectivity index (χ1n) is 9.85. The largest absolute Gasteiger partial charge is 0.309 e. The third-order valence-corrected chi connectivity index (χ3v) is 5.98. The molecule has 0 aliphatic carbocycles. The first-order chi connectivity index (χ1) is 14.9. The number of carbonyl (C=O) groups excluding carboxylic acids is 1. The average molecular weight is 466 g/mol. The van der Waals surface area contributed by atoms with Crippen LogP contribution in [0.15, 0.2) is 30.3 Å². The zero-order valence-electron chi connectivity index (χ0n) is 16.4. The number of anilines is 1. The molecule has 1 aliphatic rings. The normalized spacial score (nSPS) is 16.7. The number of rotatable bonds is 6. The first kappa shape index (κ1) is 21.6. The monoisotopic (exact) mass is 465 g/mol. The highest BCUT2D eigenvalue weighted by Gasteiger charge is 2.30. The number of H-pyrrole nitrogens is 1. The minimum absolute atomic E-state index is 0.00251. The number of nitrogens with one attached hydrogen (secondary N) is 1. The molecule has 0 spiro atoms. The molecule has 1 aliphatic heterocycles. The Hall–Kier alpha value is -2.58. The lowest BCUT2D eigenvalue weighted by Gasteiger charge is -2.34. The number of benzene rings is 2. The molecule has 10 heteroatoms. The first-order valence-corrected chi connectivity index (χ1v) is 10.6. The van der Waals surface area contributed by atoms with Crippen molar-refractivity contribution in [3.8, 4) is 0 Å². The SMILES string of the molecule is O=C1CCC(Cc2ccc(F)cc2F)CN1c1c(Cl)cc(CCc2nn[nH]n2)cc1Cl. The summed E-state index contributed by atoms with van der Waals surface area (Å²) in [6.07, 6.45) is 2.49. The minimum Gasteiger partial charge on any atom is -0.309 e. The van der Waals surface area contributed by atoms with Crippen LogP contribution in [0.25, 0.3) is 0 Å². The van der Waals surface area contributed by atoms with E-state index in [2.05, 4.69) is 20.6 Å². The van der Waals surface area contributed by atoms with Crippen molar-refractivity contribution in [2.75, 3.05) is 11.4 Å². The van der Waals surface area contributed by atoms with E-state index in [0.29, 0.717) is 65.8 Å². The van der Waals surface area contributed by atoms with Gasteiger partial charge in [-0.1, -0.05) is 34.5 Å². The summed E-state index contributed by atoms with van der Waals surface area (Å²) in [5.41, 5.74) is 1.77. The fraction of sp³-hybridized carbons (Fsp3) is 0.333. The van der Waals surface area contributed by atoms with Crippen LogP contribution in [0.1, 0.15) is 29.8 Å². The molecule has 31 heavy (non-hydrogen) atoms. The van der Waals surface area contributed by atoms with Gasteiger partial charge in [-0.25, -0.2) is 8.78 Å². The Bertz CT molecular complexity index is 1070. The molecule has 0 saturated carbocycles. The van der Waals surface area contributed by atoms with Crippen LogP contribution in [0, 0.1) is 17.6 Å². The minimum atomic E-state index is -0.611. The van der Waals surface area contributed by atoms with Gasteiger partial charge in [0.15, 0.2) is 5.82 Å².